The molecule has 0 saturated carbocycles. The van der Waals surface area contributed by atoms with Gasteiger partial charge in [-0.05, 0) is 37.6 Å². The summed E-state index contributed by atoms with van der Waals surface area (Å²) in [6.45, 7) is 3.79. The van der Waals surface area contributed by atoms with Crippen molar-refractivity contribution in [1.29, 1.82) is 0 Å². The Labute approximate surface area is 168 Å². The normalized spacial score (nSPS) is 15.0. The number of hydrogen-bond acceptors (Lipinski definition) is 4. The average Bonchev–Trinajstić information content (AvgIpc) is 3.22. The Morgan fingerprint density at radius 3 is 2.59 bits per heavy atom. The van der Waals surface area contributed by atoms with Crippen LogP contribution in [-0.4, -0.2) is 31.1 Å². The van der Waals surface area contributed by atoms with E-state index in [9.17, 15) is 9.59 Å². The molecular formula is C23H22N2O4. The van der Waals surface area contributed by atoms with Gasteiger partial charge in [0.15, 0.2) is 0 Å². The van der Waals surface area contributed by atoms with Crippen LogP contribution in [0.15, 0.2) is 42.5 Å². The number of hydrogen-bond donors (Lipinski definition) is 2. The first-order chi connectivity index (χ1) is 13.9. The molecular weight excluding hydrogens is 368 g/mol. The van der Waals surface area contributed by atoms with E-state index >= 15 is 0 Å². The lowest BCUT2D eigenvalue weighted by Crippen LogP contribution is -2.17. The van der Waals surface area contributed by atoms with Gasteiger partial charge in [-0.2, -0.15) is 0 Å². The van der Waals surface area contributed by atoms with Crippen molar-refractivity contribution in [3.05, 3.63) is 70.4 Å². The van der Waals surface area contributed by atoms with E-state index in [1.54, 1.807) is 7.11 Å². The molecule has 4 rings (SSSR count). The van der Waals surface area contributed by atoms with E-state index in [2.05, 4.69) is 10.3 Å². The summed E-state index contributed by atoms with van der Waals surface area (Å²) in [6.07, 6.45) is 0. The third-order valence-electron chi connectivity index (χ3n) is 5.30. The van der Waals surface area contributed by atoms with Crippen LogP contribution in [0.3, 0.4) is 0 Å². The van der Waals surface area contributed by atoms with E-state index in [1.807, 2.05) is 56.3 Å². The number of methoxy groups -OCH3 is 2. The Bertz CT molecular complexity index is 1130. The number of aromatic nitrogens is 1. The molecule has 2 N–H and O–H groups in total. The summed E-state index contributed by atoms with van der Waals surface area (Å²) >= 11 is 0. The highest BCUT2D eigenvalue weighted by atomic mass is 16.5. The van der Waals surface area contributed by atoms with Crippen LogP contribution in [0.1, 0.15) is 38.7 Å². The summed E-state index contributed by atoms with van der Waals surface area (Å²) in [7, 11) is 2.94. The molecule has 1 aliphatic rings. The van der Waals surface area contributed by atoms with Gasteiger partial charge in [0.1, 0.15) is 5.75 Å². The van der Waals surface area contributed by atoms with Gasteiger partial charge in [-0.3, -0.25) is 4.79 Å². The maximum absolute atomic E-state index is 13.0. The molecule has 0 fully saturated rings. The van der Waals surface area contributed by atoms with Crippen molar-refractivity contribution in [1.82, 2.24) is 4.98 Å². The van der Waals surface area contributed by atoms with Gasteiger partial charge in [0.2, 0.25) is 5.91 Å². The molecule has 0 spiro atoms. The van der Waals surface area contributed by atoms with Gasteiger partial charge in [0.05, 0.1) is 31.4 Å². The Kier molecular flexibility index (Phi) is 4.62. The van der Waals surface area contributed by atoms with E-state index in [4.69, 9.17) is 9.47 Å². The van der Waals surface area contributed by atoms with Crippen molar-refractivity contribution in [2.75, 3.05) is 19.5 Å². The standard InChI is InChI=1S/C23H22N2O4/c1-12-8-9-17-16(10-12)19(22(26)25-17)20-18(23(27)29-4)13(2)24-21(20)14-6-5-7-15(11-14)28-3/h5-11,19,24H,1-4H3,(H,25,26)/t19-/m1/s1. The Morgan fingerprint density at radius 1 is 1.07 bits per heavy atom. The fourth-order valence-corrected chi connectivity index (χ4v) is 3.97. The van der Waals surface area contributed by atoms with Gasteiger partial charge in [-0.1, -0.05) is 29.8 Å². The number of H-pyrrole nitrogens is 1. The number of aromatic amines is 1. The lowest BCUT2D eigenvalue weighted by Gasteiger charge is -2.14. The zero-order chi connectivity index (χ0) is 20.7. The highest BCUT2D eigenvalue weighted by molar-refractivity contribution is 6.08. The zero-order valence-electron chi connectivity index (χ0n) is 16.8. The molecule has 1 amide bonds. The predicted molar refractivity (Wildman–Crippen MR) is 111 cm³/mol. The van der Waals surface area contributed by atoms with Gasteiger partial charge in [0, 0.05) is 22.5 Å². The number of rotatable bonds is 4. The van der Waals surface area contributed by atoms with Crippen LogP contribution in [0.2, 0.25) is 0 Å². The number of benzene rings is 2. The molecule has 2 heterocycles. The number of esters is 1. The zero-order valence-corrected chi connectivity index (χ0v) is 16.8. The highest BCUT2D eigenvalue weighted by Crippen LogP contribution is 2.44. The number of carbonyl (C=O) groups excluding carboxylic acids is 2. The van der Waals surface area contributed by atoms with Crippen LogP contribution < -0.4 is 10.1 Å². The number of carbonyl (C=O) groups is 2. The van der Waals surface area contributed by atoms with Crippen molar-refractivity contribution < 1.29 is 19.1 Å². The van der Waals surface area contributed by atoms with Crippen molar-refractivity contribution in [2.45, 2.75) is 19.8 Å². The molecule has 1 aromatic heterocycles. The van der Waals surface area contributed by atoms with Crippen LogP contribution in [-0.2, 0) is 9.53 Å². The van der Waals surface area contributed by atoms with E-state index < -0.39 is 11.9 Å². The second-order valence-corrected chi connectivity index (χ2v) is 7.15. The van der Waals surface area contributed by atoms with E-state index in [1.165, 1.54) is 7.11 Å². The van der Waals surface area contributed by atoms with Gasteiger partial charge < -0.3 is 19.8 Å². The number of amides is 1. The van der Waals surface area contributed by atoms with Crippen molar-refractivity contribution in [3.8, 4) is 17.0 Å². The number of nitrogens with one attached hydrogen (secondary N) is 2. The number of anilines is 1. The average molecular weight is 390 g/mol. The molecule has 1 atom stereocenters. The third kappa shape index (κ3) is 3.06. The third-order valence-corrected chi connectivity index (χ3v) is 5.30. The van der Waals surface area contributed by atoms with Crippen molar-refractivity contribution in [3.63, 3.8) is 0 Å². The first kappa shape index (κ1) is 18.8. The fraction of sp³-hybridized carbons (Fsp3) is 0.217. The summed E-state index contributed by atoms with van der Waals surface area (Å²) in [5, 5.41) is 2.94. The molecule has 148 valence electrons. The molecule has 29 heavy (non-hydrogen) atoms. The van der Waals surface area contributed by atoms with E-state index in [0.29, 0.717) is 28.3 Å². The second kappa shape index (κ2) is 7.13. The monoisotopic (exact) mass is 390 g/mol. The quantitative estimate of drug-likeness (QED) is 0.655. The topological polar surface area (TPSA) is 80.4 Å². The van der Waals surface area contributed by atoms with Crippen LogP contribution in [0.25, 0.3) is 11.3 Å². The summed E-state index contributed by atoms with van der Waals surface area (Å²) in [4.78, 5) is 29.0. The molecule has 0 bridgehead atoms. The lowest BCUT2D eigenvalue weighted by molar-refractivity contribution is -0.116. The predicted octanol–water partition coefficient (Wildman–Crippen LogP) is 4.18. The molecule has 0 saturated heterocycles. The van der Waals surface area contributed by atoms with Gasteiger partial charge >= 0.3 is 5.97 Å². The smallest absolute Gasteiger partial charge is 0.340 e. The Hall–Kier alpha value is -3.54. The Balaban J connectivity index is 2.00. The van der Waals surface area contributed by atoms with Crippen LogP contribution in [0, 0.1) is 13.8 Å². The molecule has 0 radical (unpaired) electrons. The number of ether oxygens (including phenoxy) is 2. The largest absolute Gasteiger partial charge is 0.497 e. The first-order valence-electron chi connectivity index (χ1n) is 9.31. The number of fused-ring (bicyclic) bond motifs is 1. The molecule has 0 aliphatic carbocycles. The highest BCUT2D eigenvalue weighted by Gasteiger charge is 2.38. The summed E-state index contributed by atoms with van der Waals surface area (Å²) in [5.41, 5.74) is 5.84. The van der Waals surface area contributed by atoms with E-state index in [0.717, 1.165) is 22.4 Å². The lowest BCUT2D eigenvalue weighted by atomic mass is 9.87. The van der Waals surface area contributed by atoms with Crippen LogP contribution in [0.4, 0.5) is 5.69 Å². The van der Waals surface area contributed by atoms with Crippen LogP contribution >= 0.6 is 0 Å². The molecule has 2 aromatic carbocycles. The molecule has 1 aliphatic heterocycles. The minimum Gasteiger partial charge on any atom is -0.497 e. The first-order valence-corrected chi connectivity index (χ1v) is 9.31. The van der Waals surface area contributed by atoms with Gasteiger partial charge in [0.25, 0.3) is 0 Å². The summed E-state index contributed by atoms with van der Waals surface area (Å²) in [6, 6.07) is 13.3. The second-order valence-electron chi connectivity index (χ2n) is 7.15. The maximum atomic E-state index is 13.0. The van der Waals surface area contributed by atoms with Crippen molar-refractivity contribution >= 4 is 17.6 Å². The number of aryl methyl sites for hydroxylation is 2. The molecule has 6 nitrogen and oxygen atoms in total. The Morgan fingerprint density at radius 2 is 1.86 bits per heavy atom. The minimum atomic E-state index is -0.620. The maximum Gasteiger partial charge on any atom is 0.340 e. The van der Waals surface area contributed by atoms with Crippen molar-refractivity contribution in [2.24, 2.45) is 0 Å². The van der Waals surface area contributed by atoms with Crippen LogP contribution in [0.5, 0.6) is 5.75 Å². The van der Waals surface area contributed by atoms with Gasteiger partial charge in [-0.15, -0.1) is 0 Å². The molecule has 0 unspecified atom stereocenters. The summed E-state index contributed by atoms with van der Waals surface area (Å²) < 4.78 is 10.4. The molecule has 3 aromatic rings. The van der Waals surface area contributed by atoms with E-state index in [-0.39, 0.29) is 5.91 Å². The fourth-order valence-electron chi connectivity index (χ4n) is 3.97. The molecule has 6 heteroatoms. The van der Waals surface area contributed by atoms with Gasteiger partial charge in [-0.25, -0.2) is 4.79 Å². The summed E-state index contributed by atoms with van der Waals surface area (Å²) in [5.74, 6) is -0.576. The SMILES string of the molecule is COC(=O)c1c(C)[nH]c(-c2cccc(OC)c2)c1[C@@H]1C(=O)Nc2ccc(C)cc21. The minimum absolute atomic E-state index is 0.168.